The first kappa shape index (κ1) is 17.6. The third kappa shape index (κ3) is 4.25. The Morgan fingerprint density at radius 3 is 2.64 bits per heavy atom. The highest BCUT2D eigenvalue weighted by Gasteiger charge is 2.16. The van der Waals surface area contributed by atoms with E-state index in [-0.39, 0.29) is 17.3 Å². The summed E-state index contributed by atoms with van der Waals surface area (Å²) in [7, 11) is -2.17. The number of aromatic nitrogens is 2. The number of ether oxygens (including phenoxy) is 1. The van der Waals surface area contributed by atoms with E-state index in [2.05, 4.69) is 30.8 Å². The van der Waals surface area contributed by atoms with Crippen molar-refractivity contribution in [2.45, 2.75) is 11.4 Å². The van der Waals surface area contributed by atoms with Gasteiger partial charge in [0, 0.05) is 10.0 Å². The van der Waals surface area contributed by atoms with Crippen molar-refractivity contribution in [3.63, 3.8) is 0 Å². The average Bonchev–Trinajstić information content (AvgIpc) is 3.09. The highest BCUT2D eigenvalue weighted by molar-refractivity contribution is 9.10. The minimum atomic E-state index is -3.69. The molecule has 7 nitrogen and oxygen atoms in total. The second kappa shape index (κ2) is 7.34. The molecule has 1 aromatic heterocycles. The van der Waals surface area contributed by atoms with Gasteiger partial charge in [-0.1, -0.05) is 33.2 Å². The van der Waals surface area contributed by atoms with Crippen molar-refractivity contribution in [2.24, 2.45) is 0 Å². The molecule has 0 atom stereocenters. The summed E-state index contributed by atoms with van der Waals surface area (Å²) < 4.78 is 38.0. The monoisotopic (exact) mass is 423 g/mol. The van der Waals surface area contributed by atoms with Crippen LogP contribution in [0.1, 0.15) is 5.89 Å². The molecule has 9 heteroatoms. The summed E-state index contributed by atoms with van der Waals surface area (Å²) in [5.74, 6) is 1.14. The van der Waals surface area contributed by atoms with Gasteiger partial charge in [0.05, 0.1) is 18.6 Å². The van der Waals surface area contributed by atoms with Crippen LogP contribution in [0.4, 0.5) is 0 Å². The van der Waals surface area contributed by atoms with Crippen LogP contribution < -0.4 is 9.46 Å². The first-order valence-electron chi connectivity index (χ1n) is 7.20. The van der Waals surface area contributed by atoms with E-state index in [0.29, 0.717) is 11.6 Å². The molecule has 0 saturated carbocycles. The number of sulfonamides is 1. The lowest BCUT2D eigenvalue weighted by Crippen LogP contribution is -2.23. The fourth-order valence-corrected chi connectivity index (χ4v) is 3.44. The van der Waals surface area contributed by atoms with Gasteiger partial charge in [-0.25, -0.2) is 13.1 Å². The molecule has 25 heavy (non-hydrogen) atoms. The van der Waals surface area contributed by atoms with E-state index in [9.17, 15) is 8.42 Å². The molecular weight excluding hydrogens is 410 g/mol. The van der Waals surface area contributed by atoms with Crippen LogP contribution >= 0.6 is 15.9 Å². The SMILES string of the molecule is COc1ccc(S(=O)(=O)NCc2nc(-c3cccc(Br)c3)no2)cc1. The average molecular weight is 424 g/mol. The van der Waals surface area contributed by atoms with Crippen LogP contribution in [0.2, 0.25) is 0 Å². The van der Waals surface area contributed by atoms with Gasteiger partial charge in [0.15, 0.2) is 0 Å². The number of hydrogen-bond donors (Lipinski definition) is 1. The Morgan fingerprint density at radius 1 is 1.20 bits per heavy atom. The van der Waals surface area contributed by atoms with Crippen LogP contribution in [-0.2, 0) is 16.6 Å². The van der Waals surface area contributed by atoms with Crippen LogP contribution in [0.15, 0.2) is 62.4 Å². The highest BCUT2D eigenvalue weighted by Crippen LogP contribution is 2.20. The maximum absolute atomic E-state index is 12.3. The number of nitrogens with zero attached hydrogens (tertiary/aromatic N) is 2. The molecule has 0 aliphatic carbocycles. The normalized spacial score (nSPS) is 11.4. The summed E-state index contributed by atoms with van der Waals surface area (Å²) >= 11 is 3.37. The smallest absolute Gasteiger partial charge is 0.242 e. The number of benzene rings is 2. The van der Waals surface area contributed by atoms with Crippen LogP contribution in [0.3, 0.4) is 0 Å². The largest absolute Gasteiger partial charge is 0.497 e. The molecule has 3 rings (SSSR count). The molecule has 0 fully saturated rings. The van der Waals surface area contributed by atoms with Crippen LogP contribution in [-0.4, -0.2) is 25.7 Å². The maximum Gasteiger partial charge on any atom is 0.242 e. The minimum absolute atomic E-state index is 0.102. The lowest BCUT2D eigenvalue weighted by atomic mass is 10.2. The molecule has 0 bridgehead atoms. The Labute approximate surface area is 153 Å². The van der Waals surface area contributed by atoms with Crippen LogP contribution in [0.25, 0.3) is 11.4 Å². The number of nitrogens with one attached hydrogen (secondary N) is 1. The molecular formula is C16H14BrN3O4S. The topological polar surface area (TPSA) is 94.3 Å². The summed E-state index contributed by atoms with van der Waals surface area (Å²) in [5.41, 5.74) is 0.766. The van der Waals surface area contributed by atoms with E-state index in [1.54, 1.807) is 12.1 Å². The second-order valence-electron chi connectivity index (χ2n) is 5.02. The van der Waals surface area contributed by atoms with E-state index >= 15 is 0 Å². The van der Waals surface area contributed by atoms with Crippen molar-refractivity contribution in [1.82, 2.24) is 14.9 Å². The van der Waals surface area contributed by atoms with Gasteiger partial charge < -0.3 is 9.26 Å². The quantitative estimate of drug-likeness (QED) is 0.654. The van der Waals surface area contributed by atoms with Crippen molar-refractivity contribution in [3.05, 3.63) is 58.9 Å². The molecule has 2 aromatic carbocycles. The number of halogens is 1. The van der Waals surface area contributed by atoms with Crippen molar-refractivity contribution < 1.29 is 17.7 Å². The molecule has 0 aliphatic rings. The van der Waals surface area contributed by atoms with E-state index in [1.165, 1.54) is 19.2 Å². The van der Waals surface area contributed by atoms with Gasteiger partial charge in [-0.15, -0.1) is 0 Å². The summed E-state index contributed by atoms with van der Waals surface area (Å²) in [6.07, 6.45) is 0. The standard InChI is InChI=1S/C16H14BrN3O4S/c1-23-13-5-7-14(8-6-13)25(21,22)18-10-15-19-16(20-24-15)11-3-2-4-12(17)9-11/h2-9,18H,10H2,1H3. The van der Waals surface area contributed by atoms with Crippen LogP contribution in [0, 0.1) is 0 Å². The van der Waals surface area contributed by atoms with Gasteiger partial charge >= 0.3 is 0 Å². The molecule has 130 valence electrons. The van der Waals surface area contributed by atoms with Crippen molar-refractivity contribution in [2.75, 3.05) is 7.11 Å². The van der Waals surface area contributed by atoms with Crippen molar-refractivity contribution >= 4 is 26.0 Å². The minimum Gasteiger partial charge on any atom is -0.497 e. The van der Waals surface area contributed by atoms with E-state index in [0.717, 1.165) is 10.0 Å². The van der Waals surface area contributed by atoms with E-state index < -0.39 is 10.0 Å². The molecule has 0 radical (unpaired) electrons. The zero-order chi connectivity index (χ0) is 17.9. The molecule has 0 unspecified atom stereocenters. The lowest BCUT2D eigenvalue weighted by molar-refractivity contribution is 0.376. The Bertz CT molecular complexity index is 971. The van der Waals surface area contributed by atoms with Gasteiger partial charge in [-0.3, -0.25) is 0 Å². The fraction of sp³-hybridized carbons (Fsp3) is 0.125. The molecule has 1 N–H and O–H groups in total. The Balaban J connectivity index is 1.70. The van der Waals surface area contributed by atoms with Gasteiger partial charge in [0.1, 0.15) is 5.75 Å². The third-order valence-corrected chi connectivity index (χ3v) is 5.24. The predicted molar refractivity (Wildman–Crippen MR) is 94.5 cm³/mol. The molecule has 0 amide bonds. The summed E-state index contributed by atoms with van der Waals surface area (Å²) in [6, 6.07) is 13.5. The summed E-state index contributed by atoms with van der Waals surface area (Å²) in [5, 5.41) is 3.87. The predicted octanol–water partition coefficient (Wildman–Crippen LogP) is 2.99. The highest BCUT2D eigenvalue weighted by atomic mass is 79.9. The van der Waals surface area contributed by atoms with Gasteiger partial charge in [0.25, 0.3) is 0 Å². The Morgan fingerprint density at radius 2 is 1.96 bits per heavy atom. The van der Waals surface area contributed by atoms with Crippen molar-refractivity contribution in [3.8, 4) is 17.1 Å². The molecule has 3 aromatic rings. The zero-order valence-corrected chi connectivity index (χ0v) is 15.5. The van der Waals surface area contributed by atoms with Crippen LogP contribution in [0.5, 0.6) is 5.75 Å². The van der Waals surface area contributed by atoms with Gasteiger partial charge in [-0.2, -0.15) is 4.98 Å². The number of rotatable bonds is 6. The zero-order valence-electron chi connectivity index (χ0n) is 13.1. The van der Waals surface area contributed by atoms with Gasteiger partial charge in [-0.05, 0) is 36.4 Å². The molecule has 0 saturated heterocycles. The van der Waals surface area contributed by atoms with E-state index in [1.807, 2.05) is 24.3 Å². The maximum atomic E-state index is 12.3. The molecule has 0 aliphatic heterocycles. The summed E-state index contributed by atoms with van der Waals surface area (Å²) in [4.78, 5) is 4.33. The lowest BCUT2D eigenvalue weighted by Gasteiger charge is -2.05. The van der Waals surface area contributed by atoms with Crippen molar-refractivity contribution in [1.29, 1.82) is 0 Å². The molecule has 0 spiro atoms. The first-order valence-corrected chi connectivity index (χ1v) is 9.48. The Kier molecular flexibility index (Phi) is 5.16. The third-order valence-electron chi connectivity index (χ3n) is 3.33. The van der Waals surface area contributed by atoms with E-state index in [4.69, 9.17) is 9.26 Å². The van der Waals surface area contributed by atoms with Gasteiger partial charge in [0.2, 0.25) is 21.7 Å². The number of hydrogen-bond acceptors (Lipinski definition) is 6. The molecule has 1 heterocycles. The number of methoxy groups -OCH3 is 1. The Hall–Kier alpha value is -2.23. The second-order valence-corrected chi connectivity index (χ2v) is 7.70. The fourth-order valence-electron chi connectivity index (χ4n) is 2.07. The first-order chi connectivity index (χ1) is 12.0. The summed E-state index contributed by atoms with van der Waals surface area (Å²) in [6.45, 7) is -0.102.